The minimum Gasteiger partial charge on any atom is -0.444 e. The van der Waals surface area contributed by atoms with Crippen molar-refractivity contribution in [1.29, 1.82) is 0 Å². The number of amides is 1. The third-order valence-corrected chi connectivity index (χ3v) is 4.86. The Kier molecular flexibility index (Phi) is 5.52. The number of hydrogen-bond acceptors (Lipinski definition) is 4. The molecule has 2 aliphatic heterocycles. The second-order valence-corrected chi connectivity index (χ2v) is 8.23. The summed E-state index contributed by atoms with van der Waals surface area (Å²) in [5.74, 6) is 0.697. The Bertz CT molecular complexity index is 603. The average molecular weight is 345 g/mol. The summed E-state index contributed by atoms with van der Waals surface area (Å²) in [5.41, 5.74) is 3.26. The Hall–Kier alpha value is -1.75. The molecule has 0 radical (unpaired) electrons. The first-order valence-electron chi connectivity index (χ1n) is 9.45. The van der Waals surface area contributed by atoms with Crippen molar-refractivity contribution in [2.24, 2.45) is 5.92 Å². The average Bonchev–Trinajstić information content (AvgIpc) is 2.58. The van der Waals surface area contributed by atoms with Gasteiger partial charge in [0.05, 0.1) is 0 Å². The molecule has 1 aromatic carbocycles. The van der Waals surface area contributed by atoms with E-state index in [9.17, 15) is 4.79 Å². The van der Waals surface area contributed by atoms with Crippen LogP contribution in [0.5, 0.6) is 0 Å². The van der Waals surface area contributed by atoms with Crippen LogP contribution in [0, 0.1) is 5.92 Å². The molecule has 138 valence electrons. The third kappa shape index (κ3) is 5.11. The molecule has 2 aliphatic rings. The Balaban J connectivity index is 1.59. The Morgan fingerprint density at radius 1 is 1.36 bits per heavy atom. The van der Waals surface area contributed by atoms with Crippen LogP contribution < -0.4 is 10.6 Å². The molecule has 1 atom stereocenters. The number of piperidine rings is 1. The second-order valence-electron chi connectivity index (χ2n) is 8.23. The van der Waals surface area contributed by atoms with Crippen LogP contribution in [-0.2, 0) is 17.7 Å². The molecule has 5 nitrogen and oxygen atoms in total. The lowest BCUT2D eigenvalue weighted by molar-refractivity contribution is 0.0224. The predicted molar refractivity (Wildman–Crippen MR) is 101 cm³/mol. The number of nitrogens with one attached hydrogen (secondary N) is 2. The molecule has 5 heteroatoms. The number of carbonyl (C=O) groups is 1. The SMILES string of the molecule is CC(C)(C)OC(=O)N1CCc2ccc(NCC3CCCNC3)cc2C1. The van der Waals surface area contributed by atoms with Crippen molar-refractivity contribution in [3.8, 4) is 0 Å². The number of carbonyl (C=O) groups excluding carboxylic acids is 1. The highest BCUT2D eigenvalue weighted by molar-refractivity contribution is 5.69. The summed E-state index contributed by atoms with van der Waals surface area (Å²) in [7, 11) is 0. The summed E-state index contributed by atoms with van der Waals surface area (Å²) < 4.78 is 5.51. The molecule has 2 N–H and O–H groups in total. The van der Waals surface area contributed by atoms with Gasteiger partial charge in [0, 0.05) is 25.3 Å². The number of hydrogen-bond donors (Lipinski definition) is 2. The number of anilines is 1. The number of benzene rings is 1. The molecule has 2 heterocycles. The van der Waals surface area contributed by atoms with Gasteiger partial charge in [-0.15, -0.1) is 0 Å². The van der Waals surface area contributed by atoms with E-state index in [0.717, 1.165) is 38.3 Å². The van der Waals surface area contributed by atoms with E-state index in [-0.39, 0.29) is 6.09 Å². The van der Waals surface area contributed by atoms with E-state index in [4.69, 9.17) is 4.74 Å². The molecular formula is C20H31N3O2. The molecule has 1 aromatic rings. The van der Waals surface area contributed by atoms with Crippen molar-refractivity contribution in [1.82, 2.24) is 10.2 Å². The van der Waals surface area contributed by atoms with Gasteiger partial charge in [-0.3, -0.25) is 0 Å². The van der Waals surface area contributed by atoms with Crippen LogP contribution in [0.1, 0.15) is 44.7 Å². The molecule has 1 amide bonds. The fraction of sp³-hybridized carbons (Fsp3) is 0.650. The van der Waals surface area contributed by atoms with Crippen LogP contribution in [0.4, 0.5) is 10.5 Å². The molecule has 1 fully saturated rings. The first-order chi connectivity index (χ1) is 11.9. The van der Waals surface area contributed by atoms with E-state index >= 15 is 0 Å². The lowest BCUT2D eigenvalue weighted by Gasteiger charge is -2.31. The Morgan fingerprint density at radius 2 is 2.20 bits per heavy atom. The summed E-state index contributed by atoms with van der Waals surface area (Å²) in [6.45, 7) is 10.3. The standard InChI is InChI=1S/C20H31N3O2/c1-20(2,3)25-19(24)23-10-8-16-6-7-18(11-17(16)14-23)22-13-15-5-4-9-21-12-15/h6-7,11,15,21-22H,4-5,8-10,12-14H2,1-3H3. The van der Waals surface area contributed by atoms with Gasteiger partial charge in [-0.25, -0.2) is 4.79 Å². The van der Waals surface area contributed by atoms with E-state index in [2.05, 4.69) is 28.8 Å². The number of ether oxygens (including phenoxy) is 1. The van der Waals surface area contributed by atoms with Crippen LogP contribution in [0.15, 0.2) is 18.2 Å². The monoisotopic (exact) mass is 345 g/mol. The van der Waals surface area contributed by atoms with Crippen molar-refractivity contribution in [2.75, 3.05) is 31.5 Å². The number of rotatable bonds is 3. The van der Waals surface area contributed by atoms with Gasteiger partial charge >= 0.3 is 6.09 Å². The molecule has 0 spiro atoms. The summed E-state index contributed by atoms with van der Waals surface area (Å²) >= 11 is 0. The van der Waals surface area contributed by atoms with Gasteiger partial charge in [0.2, 0.25) is 0 Å². The molecule has 0 aromatic heterocycles. The van der Waals surface area contributed by atoms with Crippen molar-refractivity contribution < 1.29 is 9.53 Å². The molecule has 0 saturated carbocycles. The summed E-state index contributed by atoms with van der Waals surface area (Å²) in [5, 5.41) is 7.03. The summed E-state index contributed by atoms with van der Waals surface area (Å²) in [6, 6.07) is 6.56. The maximum Gasteiger partial charge on any atom is 0.410 e. The van der Waals surface area contributed by atoms with Gasteiger partial charge in [0.25, 0.3) is 0 Å². The largest absolute Gasteiger partial charge is 0.444 e. The first kappa shape index (κ1) is 18.1. The highest BCUT2D eigenvalue weighted by Gasteiger charge is 2.25. The Morgan fingerprint density at radius 3 is 2.92 bits per heavy atom. The summed E-state index contributed by atoms with van der Waals surface area (Å²) in [4.78, 5) is 14.1. The highest BCUT2D eigenvalue weighted by Crippen LogP contribution is 2.24. The number of fused-ring (bicyclic) bond motifs is 1. The Labute approximate surface area is 151 Å². The van der Waals surface area contributed by atoms with E-state index in [0.29, 0.717) is 12.5 Å². The van der Waals surface area contributed by atoms with Gasteiger partial charge in [-0.2, -0.15) is 0 Å². The van der Waals surface area contributed by atoms with E-state index in [1.807, 2.05) is 25.7 Å². The molecule has 25 heavy (non-hydrogen) atoms. The van der Waals surface area contributed by atoms with Crippen LogP contribution >= 0.6 is 0 Å². The molecule has 3 rings (SSSR count). The minimum atomic E-state index is -0.450. The quantitative estimate of drug-likeness (QED) is 0.882. The zero-order valence-electron chi connectivity index (χ0n) is 15.7. The van der Waals surface area contributed by atoms with Crippen LogP contribution in [-0.4, -0.2) is 42.8 Å². The van der Waals surface area contributed by atoms with Crippen molar-refractivity contribution in [3.05, 3.63) is 29.3 Å². The zero-order chi connectivity index (χ0) is 17.9. The normalized spacial score (nSPS) is 20.8. The lowest BCUT2D eigenvalue weighted by atomic mass is 9.98. The zero-order valence-corrected chi connectivity index (χ0v) is 15.7. The van der Waals surface area contributed by atoms with Gasteiger partial charge in [0.1, 0.15) is 5.60 Å². The maximum absolute atomic E-state index is 12.3. The number of nitrogens with zero attached hydrogens (tertiary/aromatic N) is 1. The van der Waals surface area contributed by atoms with Crippen molar-refractivity contribution >= 4 is 11.8 Å². The fourth-order valence-electron chi connectivity index (χ4n) is 3.51. The fourth-order valence-corrected chi connectivity index (χ4v) is 3.51. The van der Waals surface area contributed by atoms with Crippen LogP contribution in [0.3, 0.4) is 0 Å². The van der Waals surface area contributed by atoms with Gasteiger partial charge < -0.3 is 20.3 Å². The topological polar surface area (TPSA) is 53.6 Å². The molecule has 1 saturated heterocycles. The van der Waals surface area contributed by atoms with Crippen molar-refractivity contribution in [2.45, 2.75) is 52.2 Å². The van der Waals surface area contributed by atoms with Gasteiger partial charge in [-0.05, 0) is 82.3 Å². The van der Waals surface area contributed by atoms with Crippen LogP contribution in [0.2, 0.25) is 0 Å². The van der Waals surface area contributed by atoms with E-state index in [1.165, 1.54) is 24.0 Å². The van der Waals surface area contributed by atoms with Gasteiger partial charge in [-0.1, -0.05) is 6.07 Å². The van der Waals surface area contributed by atoms with E-state index in [1.54, 1.807) is 0 Å². The maximum atomic E-state index is 12.3. The van der Waals surface area contributed by atoms with Crippen molar-refractivity contribution in [3.63, 3.8) is 0 Å². The lowest BCUT2D eigenvalue weighted by Crippen LogP contribution is -2.39. The van der Waals surface area contributed by atoms with Gasteiger partial charge in [0.15, 0.2) is 0 Å². The molecule has 0 bridgehead atoms. The second kappa shape index (κ2) is 7.65. The molecular weight excluding hydrogens is 314 g/mol. The molecule has 1 unspecified atom stereocenters. The highest BCUT2D eigenvalue weighted by atomic mass is 16.6. The first-order valence-corrected chi connectivity index (χ1v) is 9.45. The summed E-state index contributed by atoms with van der Waals surface area (Å²) in [6.07, 6.45) is 3.23. The molecule has 0 aliphatic carbocycles. The predicted octanol–water partition coefficient (Wildman–Crippen LogP) is 3.39. The van der Waals surface area contributed by atoms with Crippen LogP contribution in [0.25, 0.3) is 0 Å². The van der Waals surface area contributed by atoms with E-state index < -0.39 is 5.60 Å². The third-order valence-electron chi connectivity index (χ3n) is 4.86. The minimum absolute atomic E-state index is 0.218. The smallest absolute Gasteiger partial charge is 0.410 e.